The molecule has 1 aromatic heterocycles. The first-order valence-corrected chi connectivity index (χ1v) is 8.80. The van der Waals surface area contributed by atoms with E-state index >= 15 is 0 Å². The third-order valence-corrected chi connectivity index (χ3v) is 5.99. The molecule has 0 aliphatic carbocycles. The van der Waals surface area contributed by atoms with Gasteiger partial charge in [-0.3, -0.25) is 4.98 Å². The van der Waals surface area contributed by atoms with Crippen LogP contribution in [0.5, 0.6) is 0 Å². The number of hydrogen-bond donors (Lipinski definition) is 1. The van der Waals surface area contributed by atoms with Crippen LogP contribution in [0.4, 0.5) is 0 Å². The molecule has 0 saturated carbocycles. The third kappa shape index (κ3) is 4.47. The van der Waals surface area contributed by atoms with E-state index < -0.39 is 10.0 Å². The van der Waals surface area contributed by atoms with Crippen LogP contribution in [0.1, 0.15) is 24.8 Å². The number of nitrogens with two attached hydrogens (primary N) is 1. The number of sulfonamides is 1. The van der Waals surface area contributed by atoms with Crippen LogP contribution in [0.2, 0.25) is 0 Å². The molecule has 0 radical (unpaired) electrons. The molecule has 1 aromatic rings. The molecule has 2 heterocycles. The molecular formula is C14H23N3O3S. The lowest BCUT2D eigenvalue weighted by molar-refractivity contribution is 0.0971. The van der Waals surface area contributed by atoms with Crippen LogP contribution in [0.15, 0.2) is 24.5 Å². The van der Waals surface area contributed by atoms with Gasteiger partial charge < -0.3 is 10.5 Å². The van der Waals surface area contributed by atoms with E-state index in [9.17, 15) is 8.42 Å². The molecule has 0 aromatic carbocycles. The fraction of sp³-hybridized carbons (Fsp3) is 0.643. The summed E-state index contributed by atoms with van der Waals surface area (Å²) in [5.41, 5.74) is 6.43. The van der Waals surface area contributed by atoms with Crippen LogP contribution in [0, 0.1) is 0 Å². The topological polar surface area (TPSA) is 85.5 Å². The molecule has 0 amide bonds. The van der Waals surface area contributed by atoms with Gasteiger partial charge in [0.2, 0.25) is 10.0 Å². The Labute approximate surface area is 126 Å². The molecule has 0 bridgehead atoms. The Morgan fingerprint density at radius 2 is 2.14 bits per heavy atom. The summed E-state index contributed by atoms with van der Waals surface area (Å²) >= 11 is 0. The zero-order valence-corrected chi connectivity index (χ0v) is 13.0. The first-order valence-electron chi connectivity index (χ1n) is 7.30. The highest BCUT2D eigenvalue weighted by Crippen LogP contribution is 2.21. The van der Waals surface area contributed by atoms with E-state index in [2.05, 4.69) is 4.98 Å². The second kappa shape index (κ2) is 7.84. The van der Waals surface area contributed by atoms with Gasteiger partial charge in [0.15, 0.2) is 0 Å². The summed E-state index contributed by atoms with van der Waals surface area (Å²) in [6, 6.07) is 3.71. The van der Waals surface area contributed by atoms with Crippen molar-refractivity contribution in [2.24, 2.45) is 5.73 Å². The van der Waals surface area contributed by atoms with Gasteiger partial charge in [0.1, 0.15) is 0 Å². The summed E-state index contributed by atoms with van der Waals surface area (Å²) < 4.78 is 32.4. The molecule has 2 N–H and O–H groups in total. The van der Waals surface area contributed by atoms with Crippen LogP contribution in [-0.2, 0) is 21.3 Å². The fourth-order valence-electron chi connectivity index (χ4n) is 2.44. The summed E-state index contributed by atoms with van der Waals surface area (Å²) in [5, 5.41) is -0.347. The summed E-state index contributed by atoms with van der Waals surface area (Å²) in [6.45, 7) is 2.31. The second-order valence-electron chi connectivity index (χ2n) is 5.19. The van der Waals surface area contributed by atoms with Crippen LogP contribution in [0.3, 0.4) is 0 Å². The van der Waals surface area contributed by atoms with E-state index in [0.717, 1.165) is 5.56 Å². The van der Waals surface area contributed by atoms with Crippen LogP contribution < -0.4 is 5.73 Å². The van der Waals surface area contributed by atoms with Gasteiger partial charge in [-0.1, -0.05) is 6.07 Å². The lowest BCUT2D eigenvalue weighted by Gasteiger charge is -2.29. The number of pyridine rings is 1. The Kier molecular flexibility index (Phi) is 6.10. The number of aromatic nitrogens is 1. The zero-order chi connectivity index (χ0) is 15.1. The fourth-order valence-corrected chi connectivity index (χ4v) is 4.37. The van der Waals surface area contributed by atoms with Crippen molar-refractivity contribution in [2.75, 3.05) is 26.3 Å². The van der Waals surface area contributed by atoms with Gasteiger partial charge in [0.25, 0.3) is 0 Å². The minimum Gasteiger partial charge on any atom is -0.381 e. The lowest BCUT2D eigenvalue weighted by atomic mass is 10.2. The SMILES string of the molecule is NCCCN(Cc1cccnc1)S(=O)(=O)C1CCOCC1. The van der Waals surface area contributed by atoms with Gasteiger partial charge in [-0.05, 0) is 37.4 Å². The minimum atomic E-state index is -3.32. The molecule has 2 rings (SSSR count). The van der Waals surface area contributed by atoms with Crippen molar-refractivity contribution < 1.29 is 13.2 Å². The Morgan fingerprint density at radius 3 is 2.76 bits per heavy atom. The monoisotopic (exact) mass is 313 g/mol. The lowest BCUT2D eigenvalue weighted by Crippen LogP contribution is -2.41. The summed E-state index contributed by atoms with van der Waals surface area (Å²) in [7, 11) is -3.32. The number of hydrogen-bond acceptors (Lipinski definition) is 5. The molecule has 1 aliphatic rings. The predicted molar refractivity (Wildman–Crippen MR) is 81.1 cm³/mol. The molecule has 0 spiro atoms. The average molecular weight is 313 g/mol. The maximum Gasteiger partial charge on any atom is 0.217 e. The van der Waals surface area contributed by atoms with Crippen LogP contribution >= 0.6 is 0 Å². The first kappa shape index (κ1) is 16.4. The Morgan fingerprint density at radius 1 is 1.38 bits per heavy atom. The molecule has 6 nitrogen and oxygen atoms in total. The summed E-state index contributed by atoms with van der Waals surface area (Å²) in [5.74, 6) is 0. The van der Waals surface area contributed by atoms with E-state index in [1.807, 2.05) is 12.1 Å². The Bertz CT molecular complexity index is 516. The smallest absolute Gasteiger partial charge is 0.217 e. The quantitative estimate of drug-likeness (QED) is 0.802. The van der Waals surface area contributed by atoms with Gasteiger partial charge in [0.05, 0.1) is 5.25 Å². The van der Waals surface area contributed by atoms with Gasteiger partial charge >= 0.3 is 0 Å². The van der Waals surface area contributed by atoms with Crippen molar-refractivity contribution in [1.29, 1.82) is 0 Å². The number of rotatable bonds is 7. The van der Waals surface area contributed by atoms with Gasteiger partial charge in [-0.15, -0.1) is 0 Å². The number of ether oxygens (including phenoxy) is 1. The maximum atomic E-state index is 12.8. The largest absolute Gasteiger partial charge is 0.381 e. The average Bonchev–Trinajstić information content (AvgIpc) is 2.53. The zero-order valence-electron chi connectivity index (χ0n) is 12.1. The van der Waals surface area contributed by atoms with E-state index in [4.69, 9.17) is 10.5 Å². The van der Waals surface area contributed by atoms with Crippen molar-refractivity contribution in [3.8, 4) is 0 Å². The van der Waals surface area contributed by atoms with Gasteiger partial charge in [-0.25, -0.2) is 8.42 Å². The minimum absolute atomic E-state index is 0.347. The molecule has 0 atom stereocenters. The maximum absolute atomic E-state index is 12.8. The van der Waals surface area contributed by atoms with E-state index in [-0.39, 0.29) is 5.25 Å². The normalized spacial score (nSPS) is 17.2. The van der Waals surface area contributed by atoms with E-state index in [1.165, 1.54) is 0 Å². The summed E-state index contributed by atoms with van der Waals surface area (Å²) in [6.07, 6.45) is 5.17. The standard InChI is InChI=1S/C14H23N3O3S/c15-6-2-8-17(12-13-3-1-7-16-11-13)21(18,19)14-4-9-20-10-5-14/h1,3,7,11,14H,2,4-6,8-10,12,15H2. The summed E-state index contributed by atoms with van der Waals surface area (Å²) in [4.78, 5) is 4.05. The van der Waals surface area contributed by atoms with Crippen LogP contribution in [-0.4, -0.2) is 49.3 Å². The predicted octanol–water partition coefficient (Wildman–Crippen LogP) is 0.741. The molecule has 0 unspecified atom stereocenters. The Hall–Kier alpha value is -1.02. The molecule has 1 saturated heterocycles. The molecular weight excluding hydrogens is 290 g/mol. The molecule has 7 heteroatoms. The highest BCUT2D eigenvalue weighted by atomic mass is 32.2. The highest BCUT2D eigenvalue weighted by Gasteiger charge is 2.33. The van der Waals surface area contributed by atoms with Crippen molar-refractivity contribution in [1.82, 2.24) is 9.29 Å². The van der Waals surface area contributed by atoms with Gasteiger partial charge in [-0.2, -0.15) is 4.31 Å². The van der Waals surface area contributed by atoms with Crippen molar-refractivity contribution in [3.05, 3.63) is 30.1 Å². The second-order valence-corrected chi connectivity index (χ2v) is 7.41. The highest BCUT2D eigenvalue weighted by molar-refractivity contribution is 7.89. The van der Waals surface area contributed by atoms with Crippen molar-refractivity contribution >= 4 is 10.0 Å². The van der Waals surface area contributed by atoms with Crippen LogP contribution in [0.25, 0.3) is 0 Å². The molecule has 21 heavy (non-hydrogen) atoms. The number of nitrogens with zero attached hydrogens (tertiary/aromatic N) is 2. The van der Waals surface area contributed by atoms with Gasteiger partial charge in [0, 0.05) is 38.7 Å². The molecule has 1 fully saturated rings. The first-order chi connectivity index (χ1) is 10.1. The Balaban J connectivity index is 2.13. The van der Waals surface area contributed by atoms with E-state index in [0.29, 0.717) is 52.1 Å². The third-order valence-electron chi connectivity index (χ3n) is 3.64. The van der Waals surface area contributed by atoms with Crippen molar-refractivity contribution in [3.63, 3.8) is 0 Å². The molecule has 1 aliphatic heterocycles. The van der Waals surface area contributed by atoms with Crippen molar-refractivity contribution in [2.45, 2.75) is 31.1 Å². The van der Waals surface area contributed by atoms with E-state index in [1.54, 1.807) is 16.7 Å². The molecule has 118 valence electrons.